The van der Waals surface area contributed by atoms with Crippen LogP contribution in [0.15, 0.2) is 30.2 Å². The molecule has 6 nitrogen and oxygen atoms in total. The molecule has 0 aliphatic heterocycles. The second kappa shape index (κ2) is 6.01. The molecule has 108 valence electrons. The fourth-order valence-electron chi connectivity index (χ4n) is 2.04. The van der Waals surface area contributed by atoms with Gasteiger partial charge in [0.05, 0.1) is 23.4 Å². The molecule has 0 saturated carbocycles. The van der Waals surface area contributed by atoms with Crippen LogP contribution in [-0.4, -0.2) is 25.3 Å². The van der Waals surface area contributed by atoms with Gasteiger partial charge >= 0.3 is 0 Å². The Morgan fingerprint density at radius 2 is 2.33 bits per heavy atom. The predicted molar refractivity (Wildman–Crippen MR) is 80.0 cm³/mol. The van der Waals surface area contributed by atoms with E-state index in [0.29, 0.717) is 18.7 Å². The quantitative estimate of drug-likeness (QED) is 0.779. The average Bonchev–Trinajstić information content (AvgIpc) is 3.08. The summed E-state index contributed by atoms with van der Waals surface area (Å²) < 4.78 is 1.84. The minimum Gasteiger partial charge on any atom is -0.350 e. The lowest BCUT2D eigenvalue weighted by Gasteiger charge is -2.02. The fraction of sp³-hybridized carbons (Fsp3) is 0.286. The molecule has 3 rings (SSSR count). The monoisotopic (exact) mass is 301 g/mol. The van der Waals surface area contributed by atoms with E-state index in [1.54, 1.807) is 17.5 Å². The van der Waals surface area contributed by atoms with Gasteiger partial charge in [0.25, 0.3) is 0 Å². The number of aromatic nitrogens is 4. The summed E-state index contributed by atoms with van der Waals surface area (Å²) in [5.74, 6) is 0.662. The molecule has 0 atom stereocenters. The van der Waals surface area contributed by atoms with E-state index in [9.17, 15) is 4.79 Å². The van der Waals surface area contributed by atoms with Crippen molar-refractivity contribution in [2.75, 3.05) is 0 Å². The van der Waals surface area contributed by atoms with E-state index in [-0.39, 0.29) is 5.91 Å². The van der Waals surface area contributed by atoms with E-state index in [1.807, 2.05) is 35.3 Å². The lowest BCUT2D eigenvalue weighted by atomic mass is 10.2. The van der Waals surface area contributed by atoms with Crippen molar-refractivity contribution in [2.24, 2.45) is 0 Å². The van der Waals surface area contributed by atoms with Crippen LogP contribution in [0.1, 0.15) is 22.7 Å². The third-order valence-electron chi connectivity index (χ3n) is 3.18. The Balaban J connectivity index is 1.52. The number of aryl methyl sites for hydroxylation is 2. The molecule has 0 unspecified atom stereocenters. The molecule has 0 bridgehead atoms. The van der Waals surface area contributed by atoms with E-state index in [1.165, 1.54) is 4.88 Å². The van der Waals surface area contributed by atoms with Crippen LogP contribution < -0.4 is 5.32 Å². The van der Waals surface area contributed by atoms with Crippen LogP contribution >= 0.6 is 11.3 Å². The van der Waals surface area contributed by atoms with Crippen molar-refractivity contribution >= 4 is 23.0 Å². The number of nitrogens with one attached hydrogen (secondary N) is 1. The Kier molecular flexibility index (Phi) is 3.92. The van der Waals surface area contributed by atoms with Crippen LogP contribution in [0, 0.1) is 6.92 Å². The van der Waals surface area contributed by atoms with Gasteiger partial charge in [-0.05, 0) is 19.4 Å². The van der Waals surface area contributed by atoms with E-state index in [0.717, 1.165) is 17.8 Å². The topological polar surface area (TPSA) is 72.2 Å². The summed E-state index contributed by atoms with van der Waals surface area (Å²) in [6.45, 7) is 2.39. The molecule has 0 spiro atoms. The van der Waals surface area contributed by atoms with Crippen molar-refractivity contribution in [3.8, 4) is 0 Å². The summed E-state index contributed by atoms with van der Waals surface area (Å²) in [7, 11) is 0. The highest BCUT2D eigenvalue weighted by Gasteiger charge is 2.07. The van der Waals surface area contributed by atoms with E-state index < -0.39 is 0 Å². The van der Waals surface area contributed by atoms with Crippen LogP contribution in [0.5, 0.6) is 0 Å². The van der Waals surface area contributed by atoms with Crippen molar-refractivity contribution in [3.63, 3.8) is 0 Å². The molecule has 0 saturated heterocycles. The van der Waals surface area contributed by atoms with Crippen molar-refractivity contribution in [1.29, 1.82) is 0 Å². The van der Waals surface area contributed by atoms with Crippen LogP contribution in [-0.2, 0) is 17.8 Å². The Bertz CT molecular complexity index is 730. The van der Waals surface area contributed by atoms with Gasteiger partial charge in [-0.3, -0.25) is 9.20 Å². The van der Waals surface area contributed by atoms with Crippen molar-refractivity contribution in [2.45, 2.75) is 26.3 Å². The van der Waals surface area contributed by atoms with Gasteiger partial charge in [-0.1, -0.05) is 0 Å². The number of hydrogen-bond donors (Lipinski definition) is 1. The van der Waals surface area contributed by atoms with Crippen LogP contribution in [0.25, 0.3) is 5.78 Å². The summed E-state index contributed by atoms with van der Waals surface area (Å²) in [6, 6.07) is 1.84. The Morgan fingerprint density at radius 1 is 1.43 bits per heavy atom. The fourth-order valence-corrected chi connectivity index (χ4v) is 2.82. The summed E-state index contributed by atoms with van der Waals surface area (Å²) in [5.41, 5.74) is 3.63. The van der Waals surface area contributed by atoms with Crippen LogP contribution in [0.4, 0.5) is 0 Å². The molecular formula is C14H15N5OS. The van der Waals surface area contributed by atoms with Gasteiger partial charge in [0.1, 0.15) is 0 Å². The number of rotatable bonds is 5. The highest BCUT2D eigenvalue weighted by molar-refractivity contribution is 7.09. The third-order valence-corrected chi connectivity index (χ3v) is 4.17. The first-order valence-electron chi connectivity index (χ1n) is 6.66. The molecule has 0 aliphatic carbocycles. The Labute approximate surface area is 125 Å². The lowest BCUT2D eigenvalue weighted by Crippen LogP contribution is -2.23. The van der Waals surface area contributed by atoms with E-state index in [4.69, 9.17) is 0 Å². The normalized spacial score (nSPS) is 10.9. The number of hydrogen-bond acceptors (Lipinski definition) is 5. The average molecular weight is 301 g/mol. The zero-order valence-corrected chi connectivity index (χ0v) is 12.4. The second-order valence-corrected chi connectivity index (χ2v) is 5.64. The molecule has 3 heterocycles. The standard InChI is InChI=1S/C14H15N5OS/c1-10-12(21-9-17-10)3-4-13(20)16-7-11-8-19-6-2-5-15-14(19)18-11/h2,5-6,8-9H,3-4,7H2,1H3,(H,16,20). The number of carbonyl (C=O) groups excluding carboxylic acids is 1. The zero-order valence-electron chi connectivity index (χ0n) is 11.6. The number of imidazole rings is 1. The smallest absolute Gasteiger partial charge is 0.233 e. The first kappa shape index (κ1) is 13.7. The molecule has 3 aromatic rings. The SMILES string of the molecule is Cc1ncsc1CCC(=O)NCc1cn2cccnc2n1. The maximum atomic E-state index is 11.9. The Hall–Kier alpha value is -2.28. The lowest BCUT2D eigenvalue weighted by molar-refractivity contribution is -0.121. The molecule has 1 amide bonds. The number of nitrogens with zero attached hydrogens (tertiary/aromatic N) is 4. The van der Waals surface area contributed by atoms with Gasteiger partial charge in [0.2, 0.25) is 11.7 Å². The summed E-state index contributed by atoms with van der Waals surface area (Å²) in [6.07, 6.45) is 6.65. The molecule has 3 aromatic heterocycles. The third kappa shape index (κ3) is 3.25. The first-order chi connectivity index (χ1) is 10.2. The number of thiazole rings is 1. The maximum Gasteiger partial charge on any atom is 0.233 e. The van der Waals surface area contributed by atoms with Gasteiger partial charge in [-0.2, -0.15) is 0 Å². The van der Waals surface area contributed by atoms with Gasteiger partial charge in [0, 0.05) is 29.9 Å². The number of amides is 1. The van der Waals surface area contributed by atoms with Crippen molar-refractivity contribution in [1.82, 2.24) is 24.7 Å². The first-order valence-corrected chi connectivity index (χ1v) is 7.54. The Morgan fingerprint density at radius 3 is 3.10 bits per heavy atom. The van der Waals surface area contributed by atoms with Gasteiger partial charge in [-0.15, -0.1) is 11.3 Å². The molecular weight excluding hydrogens is 286 g/mol. The number of carbonyl (C=O) groups is 1. The predicted octanol–water partition coefficient (Wildman–Crippen LogP) is 1.74. The van der Waals surface area contributed by atoms with Crippen LogP contribution in [0.2, 0.25) is 0 Å². The largest absolute Gasteiger partial charge is 0.350 e. The minimum absolute atomic E-state index is 0.0211. The zero-order chi connectivity index (χ0) is 14.7. The summed E-state index contributed by atoms with van der Waals surface area (Å²) >= 11 is 1.59. The maximum absolute atomic E-state index is 11.9. The van der Waals surface area contributed by atoms with Crippen LogP contribution in [0.3, 0.4) is 0 Å². The highest BCUT2D eigenvalue weighted by Crippen LogP contribution is 2.14. The molecule has 0 fully saturated rings. The molecule has 0 radical (unpaired) electrons. The van der Waals surface area contributed by atoms with E-state index >= 15 is 0 Å². The summed E-state index contributed by atoms with van der Waals surface area (Å²) in [4.78, 5) is 25.7. The molecule has 0 aromatic carbocycles. The number of fused-ring (bicyclic) bond motifs is 1. The molecule has 0 aliphatic rings. The van der Waals surface area contributed by atoms with Crippen molar-refractivity contribution in [3.05, 3.63) is 46.4 Å². The van der Waals surface area contributed by atoms with Gasteiger partial charge in [0.15, 0.2) is 0 Å². The second-order valence-electron chi connectivity index (χ2n) is 4.70. The minimum atomic E-state index is 0.0211. The van der Waals surface area contributed by atoms with Crippen molar-refractivity contribution < 1.29 is 4.79 Å². The van der Waals surface area contributed by atoms with E-state index in [2.05, 4.69) is 20.3 Å². The molecule has 21 heavy (non-hydrogen) atoms. The van der Waals surface area contributed by atoms with Gasteiger partial charge < -0.3 is 5.32 Å². The summed E-state index contributed by atoms with van der Waals surface area (Å²) in [5, 5.41) is 2.88. The van der Waals surface area contributed by atoms with Gasteiger partial charge in [-0.25, -0.2) is 15.0 Å². The molecule has 7 heteroatoms. The highest BCUT2D eigenvalue weighted by atomic mass is 32.1. The molecule has 1 N–H and O–H groups in total.